The Labute approximate surface area is 295 Å². The maximum atomic E-state index is 13.6. The van der Waals surface area contributed by atoms with Crippen LogP contribution in [0.15, 0.2) is 34.8 Å². The number of anilines is 2. The average Bonchev–Trinajstić information content (AvgIpc) is 3.39. The number of benzene rings is 1. The predicted octanol–water partition coefficient (Wildman–Crippen LogP) is 6.16. The zero-order valence-electron chi connectivity index (χ0n) is 30.8. The van der Waals surface area contributed by atoms with E-state index in [2.05, 4.69) is 54.1 Å². The Morgan fingerprint density at radius 2 is 1.55 bits per heavy atom. The topological polar surface area (TPSA) is 158 Å². The highest BCUT2D eigenvalue weighted by Crippen LogP contribution is 2.54. The molecule has 0 unspecified atom stereocenters. The van der Waals surface area contributed by atoms with Crippen LogP contribution in [0.5, 0.6) is 0 Å². The summed E-state index contributed by atoms with van der Waals surface area (Å²) in [7, 11) is -1.28. The minimum absolute atomic E-state index is 0.0419. The molecule has 0 radical (unpaired) electrons. The molecule has 2 aromatic rings. The van der Waals surface area contributed by atoms with Gasteiger partial charge < -0.3 is 28.7 Å². The number of aromatic nitrogens is 1. The first-order chi connectivity index (χ1) is 22.3. The van der Waals surface area contributed by atoms with Crippen LogP contribution in [0, 0.1) is 0 Å². The number of rotatable bonds is 11. The molecule has 3 rings (SSSR count). The smallest absolute Gasteiger partial charge is 0.413 e. The van der Waals surface area contributed by atoms with Gasteiger partial charge in [0, 0.05) is 15.8 Å². The standard InChI is InChI=1S/C34H51N5O8S2/c1-31(2,3)45-28(42)34(10,11)47-38-25(24-20-48-29(36-24)37-30(43)46-32(4,5)6)26(40)35-23-18-39(27(23)41)22-16-14-21(15-17-22)19-44-49(12,13)33(7,8)9/h14-17,20,23H,18-19H2,1-13H3,(H,35,40)(H,36,37,43)/b38-25-/t23-/m0/s1. The van der Waals surface area contributed by atoms with Crippen molar-refractivity contribution < 1.29 is 37.7 Å². The van der Waals surface area contributed by atoms with Gasteiger partial charge in [0.15, 0.2) is 10.8 Å². The molecule has 0 spiro atoms. The maximum absolute atomic E-state index is 13.6. The molecule has 1 atom stereocenters. The fourth-order valence-electron chi connectivity index (χ4n) is 3.79. The summed E-state index contributed by atoms with van der Waals surface area (Å²) in [5.41, 5.74) is -1.67. The second-order valence-electron chi connectivity index (χ2n) is 15.5. The van der Waals surface area contributed by atoms with E-state index in [1.54, 1.807) is 46.4 Å². The lowest BCUT2D eigenvalue weighted by Crippen LogP contribution is -2.65. The van der Waals surface area contributed by atoms with Crippen molar-refractivity contribution in [3.63, 3.8) is 0 Å². The second kappa shape index (κ2) is 14.7. The van der Waals surface area contributed by atoms with Gasteiger partial charge in [-0.15, -0.1) is 21.6 Å². The predicted molar refractivity (Wildman–Crippen MR) is 194 cm³/mol. The van der Waals surface area contributed by atoms with Crippen molar-refractivity contribution in [2.24, 2.45) is 5.16 Å². The first kappa shape index (κ1) is 39.7. The van der Waals surface area contributed by atoms with Gasteiger partial charge in [-0.25, -0.2) is 14.6 Å². The third kappa shape index (κ3) is 11.2. The lowest BCUT2D eigenvalue weighted by molar-refractivity contribution is -0.179. The van der Waals surface area contributed by atoms with E-state index in [1.807, 2.05) is 24.3 Å². The maximum Gasteiger partial charge on any atom is 0.413 e. The summed E-state index contributed by atoms with van der Waals surface area (Å²) in [5.74, 6) is -1.77. The third-order valence-corrected chi connectivity index (χ3v) is 11.7. The monoisotopic (exact) mass is 721 g/mol. The van der Waals surface area contributed by atoms with Gasteiger partial charge in [-0.05, 0) is 85.6 Å². The zero-order chi connectivity index (χ0) is 37.2. The van der Waals surface area contributed by atoms with Gasteiger partial charge >= 0.3 is 12.1 Å². The van der Waals surface area contributed by atoms with Crippen molar-refractivity contribution in [2.75, 3.05) is 29.3 Å². The number of esters is 1. The molecule has 0 bridgehead atoms. The molecule has 1 aromatic heterocycles. The highest BCUT2D eigenvalue weighted by atomic mass is 32.3. The van der Waals surface area contributed by atoms with Crippen LogP contribution in [0.4, 0.5) is 15.6 Å². The van der Waals surface area contributed by atoms with E-state index >= 15 is 0 Å². The van der Waals surface area contributed by atoms with Crippen molar-refractivity contribution in [3.8, 4) is 0 Å². The molecule has 1 aromatic carbocycles. The number of ether oxygens (including phenoxy) is 2. The van der Waals surface area contributed by atoms with E-state index in [0.717, 1.165) is 16.9 Å². The molecule has 1 aliphatic heterocycles. The number of nitrogens with zero attached hydrogens (tertiary/aromatic N) is 3. The van der Waals surface area contributed by atoms with Crippen LogP contribution in [-0.4, -0.2) is 81.2 Å². The van der Waals surface area contributed by atoms with Crippen LogP contribution >= 0.6 is 21.6 Å². The Morgan fingerprint density at radius 3 is 2.08 bits per heavy atom. The molecular formula is C34H51N5O8S2. The lowest BCUT2D eigenvalue weighted by Gasteiger charge is -2.43. The highest BCUT2D eigenvalue weighted by Gasteiger charge is 2.41. The molecule has 272 valence electrons. The van der Waals surface area contributed by atoms with Crippen LogP contribution in [0.1, 0.15) is 87.4 Å². The number of carbonyl (C=O) groups excluding carboxylic acids is 4. The second-order valence-corrected chi connectivity index (χ2v) is 20.2. The number of thiazole rings is 1. The fourth-order valence-corrected chi connectivity index (χ4v) is 5.26. The Bertz CT molecular complexity index is 1560. The van der Waals surface area contributed by atoms with Crippen molar-refractivity contribution >= 4 is 62.1 Å². The van der Waals surface area contributed by atoms with E-state index in [-0.39, 0.29) is 33.7 Å². The van der Waals surface area contributed by atoms with Crippen molar-refractivity contribution in [1.29, 1.82) is 0 Å². The molecule has 1 fully saturated rings. The molecule has 13 nitrogen and oxygen atoms in total. The quantitative estimate of drug-likeness (QED) is 0.120. The van der Waals surface area contributed by atoms with Crippen molar-refractivity contribution in [2.45, 2.75) is 110 Å². The summed E-state index contributed by atoms with van der Waals surface area (Å²) in [5, 5.41) is 10.8. The van der Waals surface area contributed by atoms with E-state index in [1.165, 1.54) is 19.2 Å². The van der Waals surface area contributed by atoms with Crippen LogP contribution in [0.2, 0.25) is 0 Å². The van der Waals surface area contributed by atoms with Crippen LogP contribution in [0.3, 0.4) is 0 Å². The summed E-state index contributed by atoms with van der Waals surface area (Å²) in [6.07, 6.45) is 3.56. The first-order valence-electron chi connectivity index (χ1n) is 15.8. The zero-order valence-corrected chi connectivity index (χ0v) is 32.4. The minimum atomic E-state index is -1.57. The molecule has 3 amide bonds. The average molecular weight is 722 g/mol. The molecule has 0 aliphatic carbocycles. The number of carbonyl (C=O) groups is 4. The summed E-state index contributed by atoms with van der Waals surface area (Å²) in [6.45, 7) is 20.4. The molecule has 15 heteroatoms. The number of hydrogen-bond donors (Lipinski definition) is 2. The van der Waals surface area contributed by atoms with Gasteiger partial charge in [-0.2, -0.15) is 0 Å². The summed E-state index contributed by atoms with van der Waals surface area (Å²) >= 11 is 1.03. The number of nitrogens with one attached hydrogen (secondary N) is 2. The molecule has 1 saturated heterocycles. The Morgan fingerprint density at radius 1 is 0.959 bits per heavy atom. The Kier molecular flexibility index (Phi) is 11.9. The molecule has 49 heavy (non-hydrogen) atoms. The fraction of sp³-hybridized carbons (Fsp3) is 0.588. The largest absolute Gasteiger partial charge is 0.457 e. The number of oxime groups is 1. The van der Waals surface area contributed by atoms with E-state index in [9.17, 15) is 19.2 Å². The Hall–Kier alpha value is -3.69. The normalized spacial score (nSPS) is 16.4. The molecular weight excluding hydrogens is 671 g/mol. The first-order valence-corrected chi connectivity index (χ1v) is 19.1. The van der Waals surface area contributed by atoms with Crippen molar-refractivity contribution in [1.82, 2.24) is 10.3 Å². The molecule has 0 saturated carbocycles. The summed E-state index contributed by atoms with van der Waals surface area (Å²) < 4.78 is 17.0. The van der Waals surface area contributed by atoms with Gasteiger partial charge in [0.05, 0.1) is 13.2 Å². The summed E-state index contributed by atoms with van der Waals surface area (Å²) in [6, 6.07) is 6.71. The highest BCUT2D eigenvalue weighted by molar-refractivity contribution is 8.29. The van der Waals surface area contributed by atoms with Crippen LogP contribution in [-0.2, 0) is 39.5 Å². The lowest BCUT2D eigenvalue weighted by atomic mass is 10.0. The van der Waals surface area contributed by atoms with E-state index < -0.39 is 51.1 Å². The molecule has 1 aliphatic rings. The van der Waals surface area contributed by atoms with Gasteiger partial charge in [-0.1, -0.05) is 38.1 Å². The number of β-lactam (4-membered cyclic amide) rings is 1. The van der Waals surface area contributed by atoms with E-state index in [4.69, 9.17) is 18.5 Å². The van der Waals surface area contributed by atoms with Gasteiger partial charge in [0.2, 0.25) is 5.60 Å². The minimum Gasteiger partial charge on any atom is -0.457 e. The molecule has 2 heterocycles. The van der Waals surface area contributed by atoms with Crippen molar-refractivity contribution in [3.05, 3.63) is 40.9 Å². The van der Waals surface area contributed by atoms with Crippen LogP contribution < -0.4 is 15.5 Å². The molecule has 2 N–H and O–H groups in total. The van der Waals surface area contributed by atoms with Gasteiger partial charge in [0.25, 0.3) is 11.8 Å². The number of hydrogen-bond acceptors (Lipinski definition) is 11. The van der Waals surface area contributed by atoms with E-state index in [0.29, 0.717) is 12.3 Å². The third-order valence-electron chi connectivity index (χ3n) is 7.30. The summed E-state index contributed by atoms with van der Waals surface area (Å²) in [4.78, 5) is 63.2. The van der Waals surface area contributed by atoms with Gasteiger partial charge in [0.1, 0.15) is 22.9 Å². The SMILES string of the molecule is CC(C)(C)OC(=O)Nc1nc(/C(=N/OC(C)(C)C(=O)OC(C)(C)C)C(=O)N[C@H]2CN(c3ccc(COS(C)(C)C(C)(C)C)cc3)C2=O)cs1. The van der Waals surface area contributed by atoms with Crippen LogP contribution in [0.25, 0.3) is 0 Å². The number of amides is 3. The van der Waals surface area contributed by atoms with Gasteiger partial charge in [-0.3, -0.25) is 14.9 Å². The Balaban J connectivity index is 1.74.